The number of rotatable bonds is 48. The maximum absolute atomic E-state index is 6.34. The Bertz CT molecular complexity index is 4830. The van der Waals surface area contributed by atoms with Crippen molar-refractivity contribution < 1.29 is 88.5 Å². The zero-order valence-electron chi connectivity index (χ0n) is 78.8. The van der Waals surface area contributed by atoms with Crippen molar-refractivity contribution in [3.8, 4) is 69.0 Å². The van der Waals surface area contributed by atoms with Crippen molar-refractivity contribution in [1.29, 1.82) is 0 Å². The van der Waals surface area contributed by atoms with Gasteiger partial charge in [-0.25, -0.2) is 0 Å². The number of hydrogen-bond donors (Lipinski definition) is 15. The zero-order valence-corrected chi connectivity index (χ0v) is 83.8. The Morgan fingerprint density at radius 2 is 0.336 bits per heavy atom. The predicted molar refractivity (Wildman–Crippen MR) is 547 cm³/mol. The van der Waals surface area contributed by atoms with Gasteiger partial charge in [-0.2, -0.15) is 0 Å². The zero-order chi connectivity index (χ0) is 99.2. The molecule has 0 aliphatic rings. The molecule has 0 aliphatic heterocycles. The van der Waals surface area contributed by atoms with E-state index in [1.54, 1.807) is 170 Å². The molecule has 4 unspecified atom stereocenters. The number of nitrogens with two attached hydrogens (primary N) is 15. The molecule has 30 N–H and O–H groups in total. The average Bonchev–Trinajstić information content (AvgIpc) is 0.763. The van der Waals surface area contributed by atoms with Gasteiger partial charge < -0.3 is 175 Å². The molecule has 12 aromatic carbocycles. The van der Waals surface area contributed by atoms with E-state index in [1.165, 1.54) is 0 Å². The van der Waals surface area contributed by atoms with Gasteiger partial charge in [0.05, 0.1) is 51.8 Å². The molecule has 0 spiro atoms. The van der Waals surface area contributed by atoms with Gasteiger partial charge in [-0.15, -0.1) is 0 Å². The van der Waals surface area contributed by atoms with Gasteiger partial charge in [0.25, 0.3) is 0 Å². The van der Waals surface area contributed by atoms with Gasteiger partial charge in [-0.3, -0.25) is 0 Å². The van der Waals surface area contributed by atoms with E-state index in [-0.39, 0.29) is 77.0 Å². The highest BCUT2D eigenvalue weighted by atomic mass is 28.4. The molecule has 0 saturated carbocycles. The van der Waals surface area contributed by atoms with Gasteiger partial charge in [-0.1, -0.05) is 88.5 Å². The van der Waals surface area contributed by atoms with Crippen LogP contribution in [0.25, 0.3) is 0 Å². The van der Waals surface area contributed by atoms with Crippen LogP contribution >= 0.6 is 0 Å². The Morgan fingerprint density at radius 3 is 0.482 bits per heavy atom. The van der Waals surface area contributed by atoms with E-state index >= 15 is 0 Å². The Kier molecular flexibility index (Phi) is 44.9. The summed E-state index contributed by atoms with van der Waals surface area (Å²) in [7, 11) is -18.4. The van der Waals surface area contributed by atoms with E-state index in [0.29, 0.717) is 135 Å². The Morgan fingerprint density at radius 1 is 0.197 bits per heavy atom. The largest absolute Gasteiger partial charge is 0.966 e. The second-order valence-electron chi connectivity index (χ2n) is 31.2. The van der Waals surface area contributed by atoms with Crippen LogP contribution in [0.3, 0.4) is 0 Å². The topological polar surface area (TPSA) is 575 Å². The summed E-state index contributed by atoms with van der Waals surface area (Å²) in [5.41, 5.74) is 95.9. The van der Waals surface area contributed by atoms with E-state index in [9.17, 15) is 0 Å². The average molecular weight is 1970 g/mol. The van der Waals surface area contributed by atoms with E-state index < -0.39 is 45.2 Å². The van der Waals surface area contributed by atoms with E-state index in [4.69, 9.17) is 175 Å². The fourth-order valence-corrected chi connectivity index (χ4v) is 21.4. The SMILES string of the molecule is Cc1ccc(O[Si](OCC(C)N)(OCC(C)N)Oc2ccc(N)cc2)cc1.Cc1ccc(O[Si](OCCN)(OCCN)Oc2ccc(N)cc2)cc1.Cc1ccc(O[Si](OCCN)(OCCN)Oc2ccc(N)cc2)cc1.Cc1ccc(O[Si](Oc2ccc(N)cc2)(OC(C)CN)OC(C)CN)cc1.Cc1ccc(O[Si](Oc2ccc(N)cc2)(Oc2ccc(N)cc2)Oc2ccc(N)cc2)cc1. The minimum absolute atomic E-state index is 0.214. The maximum Gasteiger partial charge on any atom is 0.966 e. The number of hydrogen-bond acceptors (Lipinski definition) is 35. The lowest BCUT2D eigenvalue weighted by molar-refractivity contribution is -0.00413. The lowest BCUT2D eigenvalue weighted by atomic mass is 10.2. The molecular formula is C97H133N15O20Si5. The summed E-state index contributed by atoms with van der Waals surface area (Å²) >= 11 is 0. The van der Waals surface area contributed by atoms with Crippen molar-refractivity contribution in [2.45, 2.75) is 86.6 Å². The molecule has 736 valence electrons. The Labute approximate surface area is 808 Å². The van der Waals surface area contributed by atoms with Crippen molar-refractivity contribution >= 4 is 85.1 Å². The normalized spacial score (nSPS) is 12.9. The first-order valence-electron chi connectivity index (χ1n) is 44.2. The molecule has 35 nitrogen and oxygen atoms in total. The predicted octanol–water partition coefficient (Wildman–Crippen LogP) is 12.0. The highest BCUT2D eigenvalue weighted by molar-refractivity contribution is 6.58. The highest BCUT2D eigenvalue weighted by Gasteiger charge is 2.60. The molecule has 0 amide bonds. The smallest absolute Gasteiger partial charge is 0.471 e. The van der Waals surface area contributed by atoms with Gasteiger partial charge >= 0.3 is 45.2 Å². The molecule has 12 rings (SSSR count). The third-order valence-corrected chi connectivity index (χ3v) is 28.6. The fourth-order valence-electron chi connectivity index (χ4n) is 11.1. The van der Waals surface area contributed by atoms with Gasteiger partial charge in [0.2, 0.25) is 0 Å². The molecule has 12 aromatic rings. The van der Waals surface area contributed by atoms with Gasteiger partial charge in [-0.05, 0) is 293 Å². The Hall–Kier alpha value is -12.7. The maximum atomic E-state index is 6.34. The summed E-state index contributed by atoms with van der Waals surface area (Å²) in [5, 5.41) is 0. The first-order valence-corrected chi connectivity index (χ1v) is 52.3. The minimum Gasteiger partial charge on any atom is -0.471 e. The summed E-state index contributed by atoms with van der Waals surface area (Å²) < 4.78 is 121. The monoisotopic (exact) mass is 1970 g/mol. The first kappa shape index (κ1) is 110. The molecule has 0 aromatic heterocycles. The Balaban J connectivity index is 0.000000211. The second kappa shape index (κ2) is 56.1. The highest BCUT2D eigenvalue weighted by Crippen LogP contribution is 2.34. The minimum atomic E-state index is -3.95. The molecule has 0 bridgehead atoms. The number of nitrogen functional groups attached to an aromatic ring is 7. The molecule has 0 saturated heterocycles. The van der Waals surface area contributed by atoms with Crippen molar-refractivity contribution in [3.05, 3.63) is 319 Å². The van der Waals surface area contributed by atoms with Crippen LogP contribution in [0.4, 0.5) is 39.8 Å². The van der Waals surface area contributed by atoms with Crippen LogP contribution in [0.5, 0.6) is 69.0 Å². The van der Waals surface area contributed by atoms with E-state index in [2.05, 4.69) is 0 Å². The quantitative estimate of drug-likeness (QED) is 0.0124. The molecule has 4 atom stereocenters. The van der Waals surface area contributed by atoms with Gasteiger partial charge in [0.15, 0.2) is 0 Å². The number of aryl methyl sites for hydroxylation is 5. The third-order valence-electron chi connectivity index (χ3n) is 18.2. The molecule has 0 fully saturated rings. The summed E-state index contributed by atoms with van der Waals surface area (Å²) in [4.78, 5) is 0. The van der Waals surface area contributed by atoms with Crippen molar-refractivity contribution in [2.75, 3.05) is 119 Å². The van der Waals surface area contributed by atoms with Crippen LogP contribution in [-0.4, -0.2) is 148 Å². The molecule has 137 heavy (non-hydrogen) atoms. The van der Waals surface area contributed by atoms with Crippen molar-refractivity contribution in [2.24, 2.45) is 45.9 Å². The molecule has 0 radical (unpaired) electrons. The van der Waals surface area contributed by atoms with E-state index in [0.717, 1.165) is 27.8 Å². The first-order chi connectivity index (χ1) is 65.7. The summed E-state index contributed by atoms with van der Waals surface area (Å²) in [5.74, 6) is 6.42. The molecule has 0 aliphatic carbocycles. The van der Waals surface area contributed by atoms with Crippen LogP contribution in [0.2, 0.25) is 0 Å². The van der Waals surface area contributed by atoms with Crippen LogP contribution in [-0.2, 0) is 35.4 Å². The third kappa shape index (κ3) is 39.9. The van der Waals surface area contributed by atoms with Crippen LogP contribution in [0.15, 0.2) is 291 Å². The van der Waals surface area contributed by atoms with Crippen molar-refractivity contribution in [1.82, 2.24) is 0 Å². The summed E-state index contributed by atoms with van der Waals surface area (Å²) in [6.07, 6.45) is -0.665. The summed E-state index contributed by atoms with van der Waals surface area (Å²) in [6, 6.07) is 85.8. The summed E-state index contributed by atoms with van der Waals surface area (Å²) in [6.45, 7) is 20.5. The van der Waals surface area contributed by atoms with Gasteiger partial charge in [0, 0.05) is 91.2 Å². The molecule has 40 heteroatoms. The number of anilines is 7. The fraction of sp³-hybridized carbons (Fsp3) is 0.258. The van der Waals surface area contributed by atoms with Crippen LogP contribution in [0.1, 0.15) is 55.5 Å². The molecule has 0 heterocycles. The second-order valence-corrected chi connectivity index (χ2v) is 40.9. The lowest BCUT2D eigenvalue weighted by Gasteiger charge is -2.32. The van der Waals surface area contributed by atoms with Gasteiger partial charge in [0.1, 0.15) is 69.0 Å². The standard InChI is InChI=1S/C25H25N3O4Si.2C19H29N3O4Si.2C17H25N3O4Si/c1-18-2-10-22(11-3-18)29-33(30-23-12-4-19(26)5-13-23,31-24-14-6-20(27)7-15-24)32-25-16-8-21(28)9-17-25;1-14-4-8-18(9-5-14)25-27(23-12-15(2)20,24-13-16(3)21)26-19-10-6-17(22)7-11-19;1-14-4-8-18(9-5-14)25-27(23-15(2)12-20,24-16(3)13-21)26-19-10-6-17(22)7-11-19;2*1-14-2-6-16(7-3-14)23-25(21-12-10-18,22-13-11-19)24-17-8-4-15(20)5-9-17/h2-17H,26-28H2,1H3;2*4-11,15-16H,12-13,20-22H2,1-3H3;2*2-9H,10-13,18-20H2,1H3. The van der Waals surface area contributed by atoms with Crippen LogP contribution in [0, 0.1) is 34.6 Å². The van der Waals surface area contributed by atoms with Crippen LogP contribution < -0.4 is 139 Å². The van der Waals surface area contributed by atoms with Crippen molar-refractivity contribution in [3.63, 3.8) is 0 Å². The molecular weight excluding hydrogens is 1840 g/mol. The number of benzene rings is 12. The lowest BCUT2D eigenvalue weighted by Crippen LogP contribution is -2.60. The van der Waals surface area contributed by atoms with E-state index in [1.807, 2.05) is 184 Å².